The predicted molar refractivity (Wildman–Crippen MR) is 88.1 cm³/mol. The molecule has 0 spiro atoms. The second-order valence-corrected chi connectivity index (χ2v) is 7.02. The highest BCUT2D eigenvalue weighted by molar-refractivity contribution is 5.90. The number of carbonyl (C=O) groups excluding carboxylic acids is 1. The van der Waals surface area contributed by atoms with Crippen LogP contribution >= 0.6 is 0 Å². The van der Waals surface area contributed by atoms with Crippen molar-refractivity contribution in [1.29, 1.82) is 0 Å². The molecule has 0 aliphatic carbocycles. The standard InChI is InChI=1S/C18H28N2O/c1-13(2)7-8-20-11-15-5-6-17(10-16(15)12-20)19-18(21)9-14(3)4/h5-6,10,13-14H,7-9,11-12H2,1-4H3,(H,19,21). The summed E-state index contributed by atoms with van der Waals surface area (Å²) in [6.45, 7) is 11.9. The van der Waals surface area contributed by atoms with Gasteiger partial charge in [-0.25, -0.2) is 0 Å². The highest BCUT2D eigenvalue weighted by Gasteiger charge is 2.19. The first kappa shape index (κ1) is 16.0. The minimum Gasteiger partial charge on any atom is -0.326 e. The SMILES string of the molecule is CC(C)CCN1Cc2ccc(NC(=O)CC(C)C)cc2C1. The van der Waals surface area contributed by atoms with Crippen molar-refractivity contribution in [3.05, 3.63) is 29.3 Å². The van der Waals surface area contributed by atoms with Crippen LogP contribution in [0.2, 0.25) is 0 Å². The summed E-state index contributed by atoms with van der Waals surface area (Å²) in [4.78, 5) is 14.3. The number of anilines is 1. The van der Waals surface area contributed by atoms with E-state index in [1.54, 1.807) is 0 Å². The number of hydrogen-bond acceptors (Lipinski definition) is 2. The van der Waals surface area contributed by atoms with Gasteiger partial charge < -0.3 is 5.32 Å². The van der Waals surface area contributed by atoms with Gasteiger partial charge in [0.05, 0.1) is 0 Å². The Hall–Kier alpha value is -1.35. The molecule has 1 heterocycles. The minimum atomic E-state index is 0.111. The van der Waals surface area contributed by atoms with Gasteiger partial charge in [0, 0.05) is 25.2 Å². The second kappa shape index (κ2) is 7.08. The number of nitrogens with one attached hydrogen (secondary N) is 1. The highest BCUT2D eigenvalue weighted by Crippen LogP contribution is 2.26. The minimum absolute atomic E-state index is 0.111. The Labute approximate surface area is 128 Å². The third kappa shape index (κ3) is 4.85. The summed E-state index contributed by atoms with van der Waals surface area (Å²) in [5.74, 6) is 1.25. The first-order valence-electron chi connectivity index (χ1n) is 8.08. The Morgan fingerprint density at radius 3 is 2.52 bits per heavy atom. The zero-order chi connectivity index (χ0) is 15.4. The molecule has 0 atom stereocenters. The van der Waals surface area contributed by atoms with E-state index < -0.39 is 0 Å². The van der Waals surface area contributed by atoms with Gasteiger partial charge in [0.25, 0.3) is 0 Å². The maximum absolute atomic E-state index is 11.8. The van der Waals surface area contributed by atoms with E-state index in [1.165, 1.54) is 17.5 Å². The van der Waals surface area contributed by atoms with Crippen LogP contribution in [0, 0.1) is 11.8 Å². The summed E-state index contributed by atoms with van der Waals surface area (Å²) < 4.78 is 0. The summed E-state index contributed by atoms with van der Waals surface area (Å²) in [6, 6.07) is 6.33. The van der Waals surface area contributed by atoms with Gasteiger partial charge in [-0.2, -0.15) is 0 Å². The molecule has 1 aliphatic rings. The van der Waals surface area contributed by atoms with Crippen molar-refractivity contribution in [3.63, 3.8) is 0 Å². The quantitative estimate of drug-likeness (QED) is 0.857. The van der Waals surface area contributed by atoms with Crippen molar-refractivity contribution < 1.29 is 4.79 Å². The molecule has 116 valence electrons. The Morgan fingerprint density at radius 2 is 1.86 bits per heavy atom. The lowest BCUT2D eigenvalue weighted by molar-refractivity contribution is -0.116. The molecule has 1 amide bonds. The molecule has 1 aromatic carbocycles. The third-order valence-electron chi connectivity index (χ3n) is 3.89. The summed E-state index contributed by atoms with van der Waals surface area (Å²) in [6.07, 6.45) is 1.82. The lowest BCUT2D eigenvalue weighted by atomic mass is 10.1. The maximum Gasteiger partial charge on any atom is 0.224 e. The lowest BCUT2D eigenvalue weighted by Gasteiger charge is -2.15. The van der Waals surface area contributed by atoms with Crippen molar-refractivity contribution in [2.75, 3.05) is 11.9 Å². The number of amides is 1. The van der Waals surface area contributed by atoms with Crippen molar-refractivity contribution >= 4 is 11.6 Å². The van der Waals surface area contributed by atoms with Crippen LogP contribution in [0.1, 0.15) is 51.7 Å². The van der Waals surface area contributed by atoms with Crippen molar-refractivity contribution in [2.24, 2.45) is 11.8 Å². The molecule has 21 heavy (non-hydrogen) atoms. The molecule has 3 heteroatoms. The first-order chi connectivity index (χ1) is 9.94. The van der Waals surface area contributed by atoms with E-state index in [-0.39, 0.29) is 5.91 Å². The lowest BCUT2D eigenvalue weighted by Crippen LogP contribution is -2.18. The molecule has 0 radical (unpaired) electrons. The van der Waals surface area contributed by atoms with E-state index in [4.69, 9.17) is 0 Å². The van der Waals surface area contributed by atoms with Crippen LogP contribution in [0.4, 0.5) is 5.69 Å². The number of carbonyl (C=O) groups is 1. The Kier molecular flexibility index (Phi) is 5.40. The molecular formula is C18H28N2O. The van der Waals surface area contributed by atoms with Gasteiger partial charge in [0.2, 0.25) is 5.91 Å². The van der Waals surface area contributed by atoms with Crippen LogP contribution < -0.4 is 5.32 Å². The van der Waals surface area contributed by atoms with Crippen LogP contribution in [-0.2, 0) is 17.9 Å². The van der Waals surface area contributed by atoms with E-state index in [9.17, 15) is 4.79 Å². The van der Waals surface area contributed by atoms with E-state index in [1.807, 2.05) is 6.07 Å². The normalized spacial score (nSPS) is 14.8. The Bertz CT molecular complexity index is 494. The molecule has 0 fully saturated rings. The number of hydrogen-bond donors (Lipinski definition) is 1. The summed E-state index contributed by atoms with van der Waals surface area (Å²) in [5.41, 5.74) is 3.70. The van der Waals surface area contributed by atoms with Crippen LogP contribution in [0.25, 0.3) is 0 Å². The van der Waals surface area contributed by atoms with Gasteiger partial charge in [-0.05, 0) is 48.1 Å². The summed E-state index contributed by atoms with van der Waals surface area (Å²) in [5, 5.41) is 3.01. The molecule has 0 saturated heterocycles. The van der Waals surface area contributed by atoms with Gasteiger partial charge >= 0.3 is 0 Å². The van der Waals surface area contributed by atoms with Gasteiger partial charge in [0.15, 0.2) is 0 Å². The van der Waals surface area contributed by atoms with Gasteiger partial charge in [0.1, 0.15) is 0 Å². The summed E-state index contributed by atoms with van der Waals surface area (Å²) >= 11 is 0. The molecule has 0 unspecified atom stereocenters. The predicted octanol–water partition coefficient (Wildman–Crippen LogP) is 4.03. The van der Waals surface area contributed by atoms with Crippen molar-refractivity contribution in [2.45, 2.75) is 53.6 Å². The van der Waals surface area contributed by atoms with Gasteiger partial charge in [-0.1, -0.05) is 33.8 Å². The molecule has 0 aromatic heterocycles. The second-order valence-electron chi connectivity index (χ2n) is 7.02. The molecule has 1 aliphatic heterocycles. The fourth-order valence-electron chi connectivity index (χ4n) is 2.72. The maximum atomic E-state index is 11.8. The molecule has 1 N–H and O–H groups in total. The average molecular weight is 288 g/mol. The van der Waals surface area contributed by atoms with E-state index in [0.717, 1.165) is 31.2 Å². The van der Waals surface area contributed by atoms with Crippen molar-refractivity contribution in [3.8, 4) is 0 Å². The molecule has 0 bridgehead atoms. The topological polar surface area (TPSA) is 32.3 Å². The third-order valence-corrected chi connectivity index (χ3v) is 3.89. The van der Waals surface area contributed by atoms with Gasteiger partial charge in [-0.3, -0.25) is 9.69 Å². The fraction of sp³-hybridized carbons (Fsp3) is 0.611. The number of rotatable bonds is 6. The fourth-order valence-corrected chi connectivity index (χ4v) is 2.72. The van der Waals surface area contributed by atoms with Crippen molar-refractivity contribution in [1.82, 2.24) is 4.90 Å². The van der Waals surface area contributed by atoms with Crippen LogP contribution in [0.3, 0.4) is 0 Å². The largest absolute Gasteiger partial charge is 0.326 e. The Balaban J connectivity index is 1.93. The monoisotopic (exact) mass is 288 g/mol. The van der Waals surface area contributed by atoms with E-state index in [0.29, 0.717) is 12.3 Å². The molecule has 0 saturated carbocycles. The highest BCUT2D eigenvalue weighted by atomic mass is 16.1. The molecular weight excluding hydrogens is 260 g/mol. The van der Waals surface area contributed by atoms with Gasteiger partial charge in [-0.15, -0.1) is 0 Å². The van der Waals surface area contributed by atoms with E-state index >= 15 is 0 Å². The van der Waals surface area contributed by atoms with Crippen LogP contribution in [0.5, 0.6) is 0 Å². The molecule has 3 nitrogen and oxygen atoms in total. The van der Waals surface area contributed by atoms with E-state index in [2.05, 4.69) is 50.0 Å². The summed E-state index contributed by atoms with van der Waals surface area (Å²) in [7, 11) is 0. The Morgan fingerprint density at radius 1 is 1.14 bits per heavy atom. The average Bonchev–Trinajstić information content (AvgIpc) is 2.77. The zero-order valence-corrected chi connectivity index (χ0v) is 13.8. The smallest absolute Gasteiger partial charge is 0.224 e. The van der Waals surface area contributed by atoms with Crippen LogP contribution in [-0.4, -0.2) is 17.4 Å². The van der Waals surface area contributed by atoms with Crippen LogP contribution in [0.15, 0.2) is 18.2 Å². The number of fused-ring (bicyclic) bond motifs is 1. The molecule has 1 aromatic rings. The molecule has 2 rings (SSSR count). The number of benzene rings is 1. The zero-order valence-electron chi connectivity index (χ0n) is 13.8. The first-order valence-corrected chi connectivity index (χ1v) is 8.08. The number of nitrogens with zero attached hydrogens (tertiary/aromatic N) is 1.